The van der Waals surface area contributed by atoms with E-state index >= 15 is 0 Å². The van der Waals surface area contributed by atoms with E-state index in [1.165, 1.54) is 25.7 Å². The Balaban J connectivity index is 1.62. The highest BCUT2D eigenvalue weighted by Crippen LogP contribution is 2.69. The Morgan fingerprint density at radius 3 is 2.33 bits per heavy atom. The Kier molecular flexibility index (Phi) is 2.29. The van der Waals surface area contributed by atoms with Crippen LogP contribution in [-0.4, -0.2) is 18.2 Å². The Labute approximate surface area is 109 Å². The molecule has 0 aliphatic heterocycles. The molecule has 4 fully saturated rings. The Hall–Kier alpha value is -0.0900. The van der Waals surface area contributed by atoms with Crippen molar-refractivity contribution in [2.75, 3.05) is 0 Å². The lowest BCUT2D eigenvalue weighted by Gasteiger charge is -2.40. The maximum Gasteiger partial charge on any atom is 0.267 e. The van der Waals surface area contributed by atoms with Crippen LogP contribution in [0.3, 0.4) is 0 Å². The summed E-state index contributed by atoms with van der Waals surface area (Å²) in [5.74, 6) is 5.14. The summed E-state index contributed by atoms with van der Waals surface area (Å²) < 4.78 is 32.1. The third-order valence-corrected chi connectivity index (χ3v) is 8.15. The van der Waals surface area contributed by atoms with Crippen LogP contribution in [0.4, 0.5) is 0 Å². The Morgan fingerprint density at radius 2 is 1.67 bits per heavy atom. The van der Waals surface area contributed by atoms with Crippen LogP contribution >= 0.6 is 0 Å². The van der Waals surface area contributed by atoms with Gasteiger partial charge in [0.15, 0.2) is 0 Å². The van der Waals surface area contributed by atoms with Gasteiger partial charge in [-0.3, -0.25) is 4.55 Å². The monoisotopic (exact) mass is 270 g/mol. The minimum Gasteiger partial charge on any atom is -0.285 e. The first-order valence-electron chi connectivity index (χ1n) is 7.43. The topological polar surface area (TPSA) is 54.4 Å². The number of hydrogen-bond acceptors (Lipinski definition) is 2. The molecule has 18 heavy (non-hydrogen) atoms. The van der Waals surface area contributed by atoms with E-state index in [4.69, 9.17) is 0 Å². The van der Waals surface area contributed by atoms with Gasteiger partial charge in [-0.25, -0.2) is 0 Å². The lowest BCUT2D eigenvalue weighted by Crippen LogP contribution is -2.39. The third-order valence-electron chi connectivity index (χ3n) is 6.86. The molecule has 4 bridgehead atoms. The molecule has 0 aromatic carbocycles. The van der Waals surface area contributed by atoms with Crippen molar-refractivity contribution < 1.29 is 13.0 Å². The summed E-state index contributed by atoms with van der Waals surface area (Å²) in [6.45, 7) is 1.71. The molecule has 4 aliphatic rings. The summed E-state index contributed by atoms with van der Waals surface area (Å²) >= 11 is 0. The van der Waals surface area contributed by atoms with Crippen LogP contribution in [0.1, 0.15) is 39.0 Å². The van der Waals surface area contributed by atoms with Crippen molar-refractivity contribution in [1.29, 1.82) is 0 Å². The van der Waals surface area contributed by atoms with Crippen molar-refractivity contribution in [1.82, 2.24) is 0 Å². The summed E-state index contributed by atoms with van der Waals surface area (Å²) in [5, 5.41) is -0.549. The molecule has 8 unspecified atom stereocenters. The average molecular weight is 270 g/mol. The SMILES string of the molecule is CC(C1CC2CC1C1C3CCC(C3)C21)S(=O)(=O)O. The first kappa shape index (κ1) is 11.7. The summed E-state index contributed by atoms with van der Waals surface area (Å²) in [5.41, 5.74) is 0. The average Bonchev–Trinajstić information content (AvgIpc) is 3.03. The molecule has 4 saturated carbocycles. The minimum atomic E-state index is -3.85. The highest BCUT2D eigenvalue weighted by Gasteiger charge is 2.63. The highest BCUT2D eigenvalue weighted by molar-refractivity contribution is 7.86. The van der Waals surface area contributed by atoms with Crippen molar-refractivity contribution in [3.63, 3.8) is 0 Å². The van der Waals surface area contributed by atoms with E-state index in [1.807, 2.05) is 0 Å². The number of rotatable bonds is 2. The normalized spacial score (nSPS) is 54.9. The molecule has 4 aliphatic carbocycles. The fraction of sp³-hybridized carbons (Fsp3) is 1.00. The van der Waals surface area contributed by atoms with Crippen LogP contribution in [-0.2, 0) is 10.1 Å². The third kappa shape index (κ3) is 1.36. The van der Waals surface area contributed by atoms with Crippen LogP contribution in [0.15, 0.2) is 0 Å². The number of fused-ring (bicyclic) bond motifs is 9. The van der Waals surface area contributed by atoms with Crippen molar-refractivity contribution >= 4 is 10.1 Å². The molecule has 8 atom stereocenters. The second kappa shape index (κ2) is 3.51. The van der Waals surface area contributed by atoms with Gasteiger partial charge in [0.25, 0.3) is 10.1 Å². The predicted molar refractivity (Wildman–Crippen MR) is 68.5 cm³/mol. The van der Waals surface area contributed by atoms with E-state index in [0.717, 1.165) is 36.0 Å². The largest absolute Gasteiger partial charge is 0.285 e. The summed E-state index contributed by atoms with van der Waals surface area (Å²) in [6, 6.07) is 0. The fourth-order valence-corrected chi connectivity index (χ4v) is 7.13. The van der Waals surface area contributed by atoms with Crippen LogP contribution in [0.2, 0.25) is 0 Å². The maximum atomic E-state index is 11.4. The minimum absolute atomic E-state index is 0.227. The molecule has 0 radical (unpaired) electrons. The Bertz CT molecular complexity index is 471. The number of hydrogen-bond donors (Lipinski definition) is 1. The Morgan fingerprint density at radius 1 is 1.00 bits per heavy atom. The zero-order chi connectivity index (χ0) is 12.7. The molecule has 1 N–H and O–H groups in total. The van der Waals surface area contributed by atoms with Crippen molar-refractivity contribution in [2.24, 2.45) is 41.4 Å². The van der Waals surface area contributed by atoms with Gasteiger partial charge in [-0.2, -0.15) is 8.42 Å². The molecular weight excluding hydrogens is 248 g/mol. The van der Waals surface area contributed by atoms with Gasteiger partial charge in [-0.15, -0.1) is 0 Å². The lowest BCUT2D eigenvalue weighted by molar-refractivity contribution is 0.103. The van der Waals surface area contributed by atoms with Gasteiger partial charge in [0.1, 0.15) is 0 Å². The van der Waals surface area contributed by atoms with E-state index in [0.29, 0.717) is 5.92 Å². The second-order valence-electron chi connectivity index (χ2n) is 7.27. The molecule has 4 heteroatoms. The van der Waals surface area contributed by atoms with E-state index in [2.05, 4.69) is 0 Å². The summed E-state index contributed by atoms with van der Waals surface area (Å²) in [7, 11) is -3.85. The molecule has 0 spiro atoms. The second-order valence-corrected chi connectivity index (χ2v) is 9.04. The first-order valence-corrected chi connectivity index (χ1v) is 8.93. The van der Waals surface area contributed by atoms with Gasteiger partial charge in [-0.1, -0.05) is 0 Å². The van der Waals surface area contributed by atoms with Gasteiger partial charge < -0.3 is 0 Å². The molecule has 3 nitrogen and oxygen atoms in total. The summed E-state index contributed by atoms with van der Waals surface area (Å²) in [6.07, 6.45) is 6.51. The van der Waals surface area contributed by atoms with E-state index in [1.54, 1.807) is 6.92 Å². The van der Waals surface area contributed by atoms with Gasteiger partial charge in [0.2, 0.25) is 0 Å². The zero-order valence-electron chi connectivity index (χ0n) is 10.8. The van der Waals surface area contributed by atoms with E-state index < -0.39 is 15.4 Å². The summed E-state index contributed by atoms with van der Waals surface area (Å²) in [4.78, 5) is 0. The predicted octanol–water partition coefficient (Wildman–Crippen LogP) is 2.58. The van der Waals surface area contributed by atoms with Crippen molar-refractivity contribution in [2.45, 2.75) is 44.3 Å². The molecule has 0 aromatic heterocycles. The highest BCUT2D eigenvalue weighted by atomic mass is 32.2. The molecule has 102 valence electrons. The lowest BCUT2D eigenvalue weighted by atomic mass is 9.67. The van der Waals surface area contributed by atoms with Crippen LogP contribution in [0.5, 0.6) is 0 Å². The van der Waals surface area contributed by atoms with Crippen LogP contribution < -0.4 is 0 Å². The molecule has 4 rings (SSSR count). The molecule has 0 saturated heterocycles. The van der Waals surface area contributed by atoms with Crippen LogP contribution in [0, 0.1) is 41.4 Å². The van der Waals surface area contributed by atoms with Gasteiger partial charge in [0.05, 0.1) is 5.25 Å². The molecule has 0 aromatic rings. The van der Waals surface area contributed by atoms with Crippen molar-refractivity contribution in [3.8, 4) is 0 Å². The quantitative estimate of drug-likeness (QED) is 0.620. The van der Waals surface area contributed by atoms with Gasteiger partial charge in [-0.05, 0) is 80.5 Å². The van der Waals surface area contributed by atoms with E-state index in [-0.39, 0.29) is 5.92 Å². The molecular formula is C14H22O3S. The first-order chi connectivity index (χ1) is 8.47. The maximum absolute atomic E-state index is 11.4. The van der Waals surface area contributed by atoms with Gasteiger partial charge >= 0.3 is 0 Å². The molecule has 0 heterocycles. The standard InChI is InChI=1S/C14H22O3S/c1-7(18(15,16)17)11-5-10-6-12(11)14-9-3-2-8(4-9)13(10)14/h7-14H,2-6H2,1H3,(H,15,16,17). The van der Waals surface area contributed by atoms with Gasteiger partial charge in [0, 0.05) is 0 Å². The molecule has 0 amide bonds. The smallest absolute Gasteiger partial charge is 0.267 e. The zero-order valence-corrected chi connectivity index (χ0v) is 11.6. The van der Waals surface area contributed by atoms with Crippen LogP contribution in [0.25, 0.3) is 0 Å². The van der Waals surface area contributed by atoms with Crippen molar-refractivity contribution in [3.05, 3.63) is 0 Å². The fourth-order valence-electron chi connectivity index (χ4n) is 6.38. The van der Waals surface area contributed by atoms with E-state index in [9.17, 15) is 13.0 Å².